The fourth-order valence-corrected chi connectivity index (χ4v) is 8.30. The van der Waals surface area contributed by atoms with Gasteiger partial charge in [-0.2, -0.15) is 0 Å². The lowest BCUT2D eigenvalue weighted by Crippen LogP contribution is -2.28. The van der Waals surface area contributed by atoms with Crippen molar-refractivity contribution in [2.45, 2.75) is 5.41 Å². The third kappa shape index (κ3) is 5.65. The molecular formula is C52H35N3. The van der Waals surface area contributed by atoms with Crippen LogP contribution in [0.4, 0.5) is 0 Å². The van der Waals surface area contributed by atoms with E-state index in [1.165, 1.54) is 44.5 Å². The highest BCUT2D eigenvalue weighted by molar-refractivity contribution is 5.89. The van der Waals surface area contributed by atoms with Gasteiger partial charge in [0, 0.05) is 18.0 Å². The number of aromatic nitrogens is 3. The predicted octanol–water partition coefficient (Wildman–Crippen LogP) is 12.6. The Kier molecular flexibility index (Phi) is 8.04. The van der Waals surface area contributed by atoms with Gasteiger partial charge in [-0.05, 0) is 97.6 Å². The molecule has 0 atom stereocenters. The molecule has 0 unspecified atom stereocenters. The summed E-state index contributed by atoms with van der Waals surface area (Å²) in [5.41, 5.74) is 17.4. The van der Waals surface area contributed by atoms with Crippen molar-refractivity contribution in [3.05, 3.63) is 235 Å². The fourth-order valence-electron chi connectivity index (χ4n) is 8.30. The Balaban J connectivity index is 0.985. The van der Waals surface area contributed by atoms with Crippen LogP contribution in [-0.2, 0) is 5.41 Å². The summed E-state index contributed by atoms with van der Waals surface area (Å²) in [5.74, 6) is 0. The van der Waals surface area contributed by atoms with Crippen LogP contribution in [0.25, 0.3) is 67.3 Å². The lowest BCUT2D eigenvalue weighted by molar-refractivity contribution is 0.768. The summed E-state index contributed by atoms with van der Waals surface area (Å²) in [5, 5.41) is 0. The minimum atomic E-state index is -0.394. The second-order valence-electron chi connectivity index (χ2n) is 14.0. The summed E-state index contributed by atoms with van der Waals surface area (Å²) >= 11 is 0. The van der Waals surface area contributed by atoms with E-state index in [0.29, 0.717) is 0 Å². The quantitative estimate of drug-likeness (QED) is 0.166. The molecule has 0 saturated heterocycles. The third-order valence-corrected chi connectivity index (χ3v) is 10.9. The molecule has 3 heterocycles. The van der Waals surface area contributed by atoms with Crippen LogP contribution in [0.5, 0.6) is 0 Å². The summed E-state index contributed by atoms with van der Waals surface area (Å²) in [6.07, 6.45) is 3.75. The highest BCUT2D eigenvalue weighted by atomic mass is 14.8. The van der Waals surface area contributed by atoms with Gasteiger partial charge in [0.25, 0.3) is 0 Å². The number of hydrogen-bond donors (Lipinski definition) is 0. The molecule has 10 rings (SSSR count). The van der Waals surface area contributed by atoms with Crippen LogP contribution < -0.4 is 0 Å². The van der Waals surface area contributed by atoms with Crippen LogP contribution in [0.3, 0.4) is 0 Å². The van der Waals surface area contributed by atoms with E-state index in [1.807, 2.05) is 30.5 Å². The van der Waals surface area contributed by atoms with Crippen molar-refractivity contribution in [1.82, 2.24) is 15.0 Å². The van der Waals surface area contributed by atoms with Gasteiger partial charge in [-0.25, -0.2) is 4.98 Å². The van der Waals surface area contributed by atoms with Crippen molar-refractivity contribution in [1.29, 1.82) is 0 Å². The van der Waals surface area contributed by atoms with Crippen LogP contribution in [0.1, 0.15) is 22.3 Å². The maximum Gasteiger partial charge on any atom is 0.0900 e. The SMILES string of the molecule is c1ccc(-c2cc(-c3ccccn3)nc(-c3ccc(-c4ccc(-c5ccc6c(c5)-c5ccccc5C6(c5ccccc5)c5ccccc5)cc4)cn3)c2)cc1. The van der Waals surface area contributed by atoms with E-state index in [0.717, 1.165) is 45.0 Å². The monoisotopic (exact) mass is 701 g/mol. The lowest BCUT2D eigenvalue weighted by atomic mass is 9.67. The molecule has 1 aliphatic carbocycles. The number of fused-ring (bicyclic) bond motifs is 3. The fraction of sp³-hybridized carbons (Fsp3) is 0.0192. The topological polar surface area (TPSA) is 38.7 Å². The summed E-state index contributed by atoms with van der Waals surface area (Å²) in [6, 6.07) is 71.3. The van der Waals surface area contributed by atoms with Gasteiger partial charge >= 0.3 is 0 Å². The predicted molar refractivity (Wildman–Crippen MR) is 224 cm³/mol. The zero-order chi connectivity index (χ0) is 36.6. The third-order valence-electron chi connectivity index (χ3n) is 10.9. The van der Waals surface area contributed by atoms with Gasteiger partial charge in [0.1, 0.15) is 0 Å². The molecule has 3 aromatic heterocycles. The Bertz CT molecular complexity index is 2660. The Labute approximate surface area is 321 Å². The van der Waals surface area contributed by atoms with E-state index in [1.54, 1.807) is 6.20 Å². The minimum Gasteiger partial charge on any atom is -0.255 e. The molecule has 9 aromatic rings. The number of pyridine rings is 3. The van der Waals surface area contributed by atoms with Crippen molar-refractivity contribution in [2.75, 3.05) is 0 Å². The molecule has 0 bridgehead atoms. The van der Waals surface area contributed by atoms with Crippen LogP contribution in [-0.4, -0.2) is 15.0 Å². The zero-order valence-electron chi connectivity index (χ0n) is 30.0. The Hall–Kier alpha value is -7.23. The van der Waals surface area contributed by atoms with E-state index in [-0.39, 0.29) is 0 Å². The minimum absolute atomic E-state index is 0.394. The zero-order valence-corrected chi connectivity index (χ0v) is 30.0. The maximum absolute atomic E-state index is 5.00. The van der Waals surface area contributed by atoms with Crippen LogP contribution in [0.2, 0.25) is 0 Å². The number of nitrogens with zero attached hydrogens (tertiary/aromatic N) is 3. The Morgan fingerprint density at radius 1 is 0.309 bits per heavy atom. The molecule has 1 aliphatic rings. The highest BCUT2D eigenvalue weighted by Gasteiger charge is 2.45. The molecule has 3 heteroatoms. The molecule has 0 saturated carbocycles. The number of hydrogen-bond acceptors (Lipinski definition) is 3. The van der Waals surface area contributed by atoms with Crippen molar-refractivity contribution in [3.63, 3.8) is 0 Å². The van der Waals surface area contributed by atoms with E-state index in [9.17, 15) is 0 Å². The molecule has 0 radical (unpaired) electrons. The first-order valence-corrected chi connectivity index (χ1v) is 18.7. The van der Waals surface area contributed by atoms with Crippen LogP contribution in [0.15, 0.2) is 213 Å². The van der Waals surface area contributed by atoms with Gasteiger partial charge in [0.2, 0.25) is 0 Å². The molecule has 55 heavy (non-hydrogen) atoms. The Morgan fingerprint density at radius 3 is 1.47 bits per heavy atom. The molecule has 3 nitrogen and oxygen atoms in total. The second-order valence-corrected chi connectivity index (χ2v) is 14.0. The van der Waals surface area contributed by atoms with Crippen molar-refractivity contribution < 1.29 is 0 Å². The number of rotatable bonds is 7. The molecule has 258 valence electrons. The van der Waals surface area contributed by atoms with Gasteiger partial charge in [-0.15, -0.1) is 0 Å². The Morgan fingerprint density at radius 2 is 0.836 bits per heavy atom. The average Bonchev–Trinajstić information content (AvgIpc) is 3.58. The van der Waals surface area contributed by atoms with Crippen molar-refractivity contribution >= 4 is 0 Å². The van der Waals surface area contributed by atoms with Gasteiger partial charge in [0.05, 0.1) is 28.2 Å². The summed E-state index contributed by atoms with van der Waals surface area (Å²) in [6.45, 7) is 0. The molecule has 6 aromatic carbocycles. The molecule has 0 amide bonds. The normalized spacial score (nSPS) is 12.5. The molecule has 0 aliphatic heterocycles. The van der Waals surface area contributed by atoms with Gasteiger partial charge in [0.15, 0.2) is 0 Å². The average molecular weight is 702 g/mol. The van der Waals surface area contributed by atoms with Gasteiger partial charge in [-0.1, -0.05) is 164 Å². The summed E-state index contributed by atoms with van der Waals surface area (Å²) in [4.78, 5) is 14.5. The van der Waals surface area contributed by atoms with Gasteiger partial charge in [-0.3, -0.25) is 9.97 Å². The first-order chi connectivity index (χ1) is 27.3. The van der Waals surface area contributed by atoms with E-state index >= 15 is 0 Å². The highest BCUT2D eigenvalue weighted by Crippen LogP contribution is 2.56. The van der Waals surface area contributed by atoms with Crippen LogP contribution >= 0.6 is 0 Å². The number of benzene rings is 6. The van der Waals surface area contributed by atoms with E-state index < -0.39 is 5.41 Å². The van der Waals surface area contributed by atoms with Crippen LogP contribution in [0, 0.1) is 0 Å². The second kappa shape index (κ2) is 13.6. The molecular weight excluding hydrogens is 667 g/mol. The van der Waals surface area contributed by atoms with Crippen molar-refractivity contribution in [2.24, 2.45) is 0 Å². The van der Waals surface area contributed by atoms with Crippen molar-refractivity contribution in [3.8, 4) is 67.3 Å². The molecule has 0 N–H and O–H groups in total. The first kappa shape index (κ1) is 32.4. The smallest absolute Gasteiger partial charge is 0.0900 e. The maximum atomic E-state index is 5.00. The molecule has 0 fully saturated rings. The summed E-state index contributed by atoms with van der Waals surface area (Å²) in [7, 11) is 0. The largest absolute Gasteiger partial charge is 0.255 e. The van der Waals surface area contributed by atoms with E-state index in [2.05, 4.69) is 181 Å². The lowest BCUT2D eigenvalue weighted by Gasteiger charge is -2.33. The van der Waals surface area contributed by atoms with Gasteiger partial charge < -0.3 is 0 Å². The standard InChI is InChI=1S/C52H35N3/c1-4-14-36(15-5-1)41-33-50(48-22-12-13-31-53-48)55-51(34-41)49-30-28-40(35-54-49)38-25-23-37(24-26-38)39-27-29-47-45(32-39)44-20-10-11-21-46(44)52(47,42-16-6-2-7-17-42)43-18-8-3-9-19-43/h1-35H. The van der Waals surface area contributed by atoms with E-state index in [4.69, 9.17) is 9.97 Å². The first-order valence-electron chi connectivity index (χ1n) is 18.7. The molecule has 0 spiro atoms. The summed E-state index contributed by atoms with van der Waals surface area (Å²) < 4.78 is 0.